The molecule has 2 heterocycles. The van der Waals surface area contributed by atoms with E-state index >= 15 is 0 Å². The van der Waals surface area contributed by atoms with E-state index in [4.69, 9.17) is 0 Å². The first-order valence-electron chi connectivity index (χ1n) is 12.0. The Hall–Kier alpha value is -4.54. The Bertz CT molecular complexity index is 1300. The highest BCUT2D eigenvalue weighted by Crippen LogP contribution is 2.28. The summed E-state index contributed by atoms with van der Waals surface area (Å²) in [4.78, 5) is 77.0. The number of hydrogen-bond acceptors (Lipinski definition) is 6. The first kappa shape index (κ1) is 25.5. The molecule has 192 valence electrons. The van der Waals surface area contributed by atoms with Crippen LogP contribution < -0.4 is 16.0 Å². The number of anilines is 1. The van der Waals surface area contributed by atoms with E-state index in [0.29, 0.717) is 29.9 Å². The van der Waals surface area contributed by atoms with Crippen LogP contribution in [0.3, 0.4) is 0 Å². The average Bonchev–Trinajstić information content (AvgIpc) is 3.13. The van der Waals surface area contributed by atoms with Gasteiger partial charge in [0.15, 0.2) is 0 Å². The number of urea groups is 1. The van der Waals surface area contributed by atoms with Crippen LogP contribution in [0.4, 0.5) is 10.5 Å². The first-order chi connectivity index (χ1) is 17.7. The molecule has 2 aliphatic rings. The number of nitrogens with one attached hydrogen (secondary N) is 3. The molecular weight excluding hydrogens is 478 g/mol. The third-order valence-electron chi connectivity index (χ3n) is 6.38. The van der Waals surface area contributed by atoms with Gasteiger partial charge >= 0.3 is 6.03 Å². The molecule has 0 aliphatic carbocycles. The van der Waals surface area contributed by atoms with Gasteiger partial charge in [0.25, 0.3) is 17.7 Å². The van der Waals surface area contributed by atoms with Crippen molar-refractivity contribution >= 4 is 41.3 Å². The third-order valence-corrected chi connectivity index (χ3v) is 6.38. The standard InChI is InChI=1S/C26H27N5O6/c1-3-30(4-2)23(34)16-6-5-7-17(13-16)28-26(37)27-14-15-8-9-18-19(12-15)25(36)31(24(18)35)20-10-11-21(32)29-22(20)33/h5-9,12-13,20H,3-4,10-11,14H2,1-2H3,(H2,27,28,37)(H,29,32,33). The molecule has 1 atom stereocenters. The number of nitrogens with zero attached hydrogens (tertiary/aromatic N) is 2. The number of hydrogen-bond donors (Lipinski definition) is 3. The second-order valence-electron chi connectivity index (χ2n) is 8.69. The highest BCUT2D eigenvalue weighted by atomic mass is 16.2. The van der Waals surface area contributed by atoms with E-state index in [1.807, 2.05) is 13.8 Å². The maximum Gasteiger partial charge on any atom is 0.319 e. The van der Waals surface area contributed by atoms with Crippen LogP contribution >= 0.6 is 0 Å². The van der Waals surface area contributed by atoms with Gasteiger partial charge in [-0.3, -0.25) is 34.2 Å². The fraction of sp³-hybridized carbons (Fsp3) is 0.308. The summed E-state index contributed by atoms with van der Waals surface area (Å²) in [5.74, 6) is -2.45. The molecule has 0 radical (unpaired) electrons. The van der Waals surface area contributed by atoms with Crippen molar-refractivity contribution in [3.8, 4) is 0 Å². The summed E-state index contributed by atoms with van der Waals surface area (Å²) in [5, 5.41) is 7.53. The van der Waals surface area contributed by atoms with Crippen LogP contribution in [0.5, 0.6) is 0 Å². The van der Waals surface area contributed by atoms with Crippen molar-refractivity contribution in [3.05, 3.63) is 64.7 Å². The number of fused-ring (bicyclic) bond motifs is 1. The van der Waals surface area contributed by atoms with E-state index in [2.05, 4.69) is 16.0 Å². The van der Waals surface area contributed by atoms with E-state index in [9.17, 15) is 28.8 Å². The normalized spacial score (nSPS) is 16.8. The van der Waals surface area contributed by atoms with Gasteiger partial charge in [-0.1, -0.05) is 12.1 Å². The molecule has 0 saturated carbocycles. The predicted molar refractivity (Wildman–Crippen MR) is 133 cm³/mol. The lowest BCUT2D eigenvalue weighted by Gasteiger charge is -2.27. The van der Waals surface area contributed by atoms with Crippen molar-refractivity contribution in [2.75, 3.05) is 18.4 Å². The molecule has 11 nitrogen and oxygen atoms in total. The molecule has 37 heavy (non-hydrogen) atoms. The molecule has 3 N–H and O–H groups in total. The van der Waals surface area contributed by atoms with Gasteiger partial charge in [0.1, 0.15) is 6.04 Å². The Kier molecular flexibility index (Phi) is 7.32. The van der Waals surface area contributed by atoms with Gasteiger partial charge in [-0.25, -0.2) is 4.79 Å². The van der Waals surface area contributed by atoms with Gasteiger partial charge in [0, 0.05) is 37.3 Å². The van der Waals surface area contributed by atoms with Crippen LogP contribution in [0, 0.1) is 0 Å². The second-order valence-corrected chi connectivity index (χ2v) is 8.69. The van der Waals surface area contributed by atoms with E-state index in [0.717, 1.165) is 4.90 Å². The summed E-state index contributed by atoms with van der Waals surface area (Å²) in [6.45, 7) is 5.01. The predicted octanol–water partition coefficient (Wildman–Crippen LogP) is 1.89. The molecule has 0 aromatic heterocycles. The van der Waals surface area contributed by atoms with Crippen LogP contribution in [0.2, 0.25) is 0 Å². The number of carbonyl (C=O) groups excluding carboxylic acids is 6. The van der Waals surface area contributed by atoms with Gasteiger partial charge in [-0.15, -0.1) is 0 Å². The zero-order valence-corrected chi connectivity index (χ0v) is 20.5. The quantitative estimate of drug-likeness (QED) is 0.490. The Labute approximate surface area is 213 Å². The molecule has 1 unspecified atom stereocenters. The van der Waals surface area contributed by atoms with Crippen molar-refractivity contribution in [2.45, 2.75) is 39.3 Å². The summed E-state index contributed by atoms with van der Waals surface area (Å²) in [7, 11) is 0. The molecule has 11 heteroatoms. The number of amides is 7. The lowest BCUT2D eigenvalue weighted by atomic mass is 10.0. The Morgan fingerprint density at radius 2 is 1.73 bits per heavy atom. The molecule has 2 aromatic carbocycles. The van der Waals surface area contributed by atoms with Crippen molar-refractivity contribution in [2.24, 2.45) is 0 Å². The molecule has 4 rings (SSSR count). The fourth-order valence-electron chi connectivity index (χ4n) is 4.41. The van der Waals surface area contributed by atoms with Crippen LogP contribution in [0.1, 0.15) is 63.3 Å². The van der Waals surface area contributed by atoms with Crippen LogP contribution in [0.25, 0.3) is 0 Å². The summed E-state index contributed by atoms with van der Waals surface area (Å²) in [5.41, 5.74) is 1.79. The Morgan fingerprint density at radius 3 is 2.43 bits per heavy atom. The average molecular weight is 506 g/mol. The van der Waals surface area contributed by atoms with Crippen LogP contribution in [-0.2, 0) is 16.1 Å². The van der Waals surface area contributed by atoms with E-state index in [-0.39, 0.29) is 36.4 Å². The summed E-state index contributed by atoms with van der Waals surface area (Å²) < 4.78 is 0. The van der Waals surface area contributed by atoms with Gasteiger partial charge in [0.05, 0.1) is 11.1 Å². The van der Waals surface area contributed by atoms with Crippen LogP contribution in [0.15, 0.2) is 42.5 Å². The summed E-state index contributed by atoms with van der Waals surface area (Å²) in [6, 6.07) is 9.69. The van der Waals surface area contributed by atoms with E-state index in [1.54, 1.807) is 35.2 Å². The highest BCUT2D eigenvalue weighted by Gasteiger charge is 2.44. The minimum absolute atomic E-state index is 0.0423. The molecular formula is C26H27N5O6. The van der Waals surface area contributed by atoms with Gasteiger partial charge < -0.3 is 15.5 Å². The van der Waals surface area contributed by atoms with Crippen molar-refractivity contribution in [1.82, 2.24) is 20.4 Å². The van der Waals surface area contributed by atoms with Gasteiger partial charge in [-0.05, 0) is 56.2 Å². The van der Waals surface area contributed by atoms with Crippen molar-refractivity contribution < 1.29 is 28.8 Å². The van der Waals surface area contributed by atoms with Gasteiger partial charge in [0.2, 0.25) is 11.8 Å². The number of imide groups is 2. The minimum atomic E-state index is -1.04. The molecule has 1 fully saturated rings. The first-order valence-corrected chi connectivity index (χ1v) is 12.0. The highest BCUT2D eigenvalue weighted by molar-refractivity contribution is 6.23. The maximum atomic E-state index is 13.0. The Balaban J connectivity index is 1.39. The van der Waals surface area contributed by atoms with Gasteiger partial charge in [-0.2, -0.15) is 0 Å². The monoisotopic (exact) mass is 505 g/mol. The number of piperidine rings is 1. The number of rotatable bonds is 7. The fourth-order valence-corrected chi connectivity index (χ4v) is 4.41. The largest absolute Gasteiger partial charge is 0.339 e. The SMILES string of the molecule is CCN(CC)C(=O)c1cccc(NC(=O)NCc2ccc3c(c2)C(=O)N(C2CCC(=O)NC2=O)C3=O)c1. The molecule has 2 aliphatic heterocycles. The smallest absolute Gasteiger partial charge is 0.319 e. The van der Waals surface area contributed by atoms with E-state index < -0.39 is 35.7 Å². The minimum Gasteiger partial charge on any atom is -0.339 e. The van der Waals surface area contributed by atoms with Crippen molar-refractivity contribution in [1.29, 1.82) is 0 Å². The lowest BCUT2D eigenvalue weighted by molar-refractivity contribution is -0.136. The van der Waals surface area contributed by atoms with E-state index in [1.165, 1.54) is 12.1 Å². The van der Waals surface area contributed by atoms with Crippen LogP contribution in [-0.4, -0.2) is 64.5 Å². The number of benzene rings is 2. The summed E-state index contributed by atoms with van der Waals surface area (Å²) >= 11 is 0. The summed E-state index contributed by atoms with van der Waals surface area (Å²) in [6.07, 6.45) is 0.118. The number of carbonyl (C=O) groups is 6. The molecule has 2 aromatic rings. The third kappa shape index (κ3) is 5.20. The molecule has 7 amide bonds. The Morgan fingerprint density at radius 1 is 1.00 bits per heavy atom. The molecule has 1 saturated heterocycles. The molecule has 0 bridgehead atoms. The zero-order valence-electron chi connectivity index (χ0n) is 20.5. The second kappa shape index (κ2) is 10.6. The zero-order chi connectivity index (χ0) is 26.7. The lowest BCUT2D eigenvalue weighted by Crippen LogP contribution is -2.54. The molecule has 0 spiro atoms. The van der Waals surface area contributed by atoms with Crippen molar-refractivity contribution in [3.63, 3.8) is 0 Å². The maximum absolute atomic E-state index is 13.0. The topological polar surface area (TPSA) is 145 Å².